The van der Waals surface area contributed by atoms with Crippen LogP contribution in [0.15, 0.2) is 48.5 Å². The van der Waals surface area contributed by atoms with E-state index in [2.05, 4.69) is 19.2 Å². The Balaban J connectivity index is 1.62. The van der Waals surface area contributed by atoms with Crippen LogP contribution in [0.2, 0.25) is 0 Å². The zero-order chi connectivity index (χ0) is 17.2. The molecule has 0 aliphatic carbocycles. The maximum Gasteiger partial charge on any atom is 0.258 e. The van der Waals surface area contributed by atoms with Crippen molar-refractivity contribution >= 4 is 5.91 Å². The second-order valence-corrected chi connectivity index (χ2v) is 5.48. The summed E-state index contributed by atoms with van der Waals surface area (Å²) in [5.74, 6) is 1.36. The van der Waals surface area contributed by atoms with Crippen molar-refractivity contribution in [3.8, 4) is 11.5 Å². The van der Waals surface area contributed by atoms with E-state index in [0.717, 1.165) is 18.6 Å². The van der Waals surface area contributed by atoms with Gasteiger partial charge in [0.25, 0.3) is 5.91 Å². The smallest absolute Gasteiger partial charge is 0.258 e. The van der Waals surface area contributed by atoms with Gasteiger partial charge in [-0.15, -0.1) is 0 Å². The summed E-state index contributed by atoms with van der Waals surface area (Å²) in [7, 11) is 0. The van der Waals surface area contributed by atoms with E-state index >= 15 is 0 Å². The molecular weight excluding hydrogens is 302 g/mol. The van der Waals surface area contributed by atoms with Crippen molar-refractivity contribution in [3.05, 3.63) is 59.7 Å². The van der Waals surface area contributed by atoms with E-state index in [9.17, 15) is 4.79 Å². The molecule has 0 atom stereocenters. The maximum absolute atomic E-state index is 11.7. The van der Waals surface area contributed by atoms with Crippen LogP contribution in [-0.4, -0.2) is 25.7 Å². The topological polar surface area (TPSA) is 47.6 Å². The summed E-state index contributed by atoms with van der Waals surface area (Å²) in [6.45, 7) is 5.11. The molecule has 128 valence electrons. The van der Waals surface area contributed by atoms with Gasteiger partial charge in [0.2, 0.25) is 0 Å². The van der Waals surface area contributed by atoms with Crippen molar-refractivity contribution in [1.82, 2.24) is 5.32 Å². The molecule has 24 heavy (non-hydrogen) atoms. The average molecular weight is 327 g/mol. The summed E-state index contributed by atoms with van der Waals surface area (Å²) in [4.78, 5) is 11.7. The van der Waals surface area contributed by atoms with E-state index in [-0.39, 0.29) is 12.5 Å². The molecule has 0 aliphatic heterocycles. The van der Waals surface area contributed by atoms with Crippen molar-refractivity contribution in [2.24, 2.45) is 0 Å². The number of amides is 1. The van der Waals surface area contributed by atoms with Crippen LogP contribution in [0.3, 0.4) is 0 Å². The molecule has 0 saturated heterocycles. The van der Waals surface area contributed by atoms with Crippen molar-refractivity contribution in [1.29, 1.82) is 0 Å². The van der Waals surface area contributed by atoms with Crippen molar-refractivity contribution in [2.45, 2.75) is 26.7 Å². The van der Waals surface area contributed by atoms with Gasteiger partial charge in [-0.3, -0.25) is 4.79 Å². The largest absolute Gasteiger partial charge is 0.492 e. The minimum absolute atomic E-state index is 0.0106. The average Bonchev–Trinajstić information content (AvgIpc) is 2.64. The molecule has 2 rings (SSSR count). The van der Waals surface area contributed by atoms with Crippen LogP contribution in [-0.2, 0) is 17.6 Å². The predicted octanol–water partition coefficient (Wildman–Crippen LogP) is 3.39. The van der Waals surface area contributed by atoms with Gasteiger partial charge in [-0.2, -0.15) is 0 Å². The number of hydrogen-bond acceptors (Lipinski definition) is 3. The highest BCUT2D eigenvalue weighted by atomic mass is 16.5. The van der Waals surface area contributed by atoms with Gasteiger partial charge < -0.3 is 14.8 Å². The number of ether oxygens (including phenoxy) is 2. The Bertz CT molecular complexity index is 620. The van der Waals surface area contributed by atoms with Crippen LogP contribution in [0.1, 0.15) is 25.0 Å². The SMILES string of the molecule is CCc1ccc(OCCNC(=O)COc2ccc(CC)cc2)cc1. The van der Waals surface area contributed by atoms with Crippen LogP contribution in [0.5, 0.6) is 11.5 Å². The number of aryl methyl sites for hydroxylation is 2. The van der Waals surface area contributed by atoms with Crippen molar-refractivity contribution in [2.75, 3.05) is 19.8 Å². The standard InChI is InChI=1S/C20H25NO3/c1-3-16-5-9-18(10-6-16)23-14-13-21-20(22)15-24-19-11-7-17(4-2)8-12-19/h5-12H,3-4,13-15H2,1-2H3,(H,21,22). The Morgan fingerprint density at radius 1 is 0.833 bits per heavy atom. The summed E-state index contributed by atoms with van der Waals surface area (Å²) in [5, 5.41) is 2.78. The fraction of sp³-hybridized carbons (Fsp3) is 0.350. The van der Waals surface area contributed by atoms with E-state index in [1.807, 2.05) is 48.5 Å². The first-order valence-corrected chi connectivity index (χ1v) is 8.41. The van der Waals surface area contributed by atoms with Crippen molar-refractivity contribution < 1.29 is 14.3 Å². The Morgan fingerprint density at radius 3 is 1.83 bits per heavy atom. The zero-order valence-electron chi connectivity index (χ0n) is 14.4. The summed E-state index contributed by atoms with van der Waals surface area (Å²) in [6, 6.07) is 15.8. The van der Waals surface area contributed by atoms with E-state index < -0.39 is 0 Å². The van der Waals surface area contributed by atoms with E-state index in [1.165, 1.54) is 11.1 Å². The minimum atomic E-state index is -0.153. The molecule has 0 fully saturated rings. The van der Waals surface area contributed by atoms with Gasteiger partial charge in [0, 0.05) is 0 Å². The monoisotopic (exact) mass is 327 g/mol. The molecule has 0 bridgehead atoms. The number of benzene rings is 2. The van der Waals surface area contributed by atoms with Crippen LogP contribution in [0.25, 0.3) is 0 Å². The van der Waals surface area contributed by atoms with Gasteiger partial charge >= 0.3 is 0 Å². The molecular formula is C20H25NO3. The van der Waals surface area contributed by atoms with Gasteiger partial charge in [0.05, 0.1) is 6.54 Å². The molecule has 2 aromatic carbocycles. The lowest BCUT2D eigenvalue weighted by molar-refractivity contribution is -0.123. The second-order valence-electron chi connectivity index (χ2n) is 5.48. The predicted molar refractivity (Wildman–Crippen MR) is 95.6 cm³/mol. The Hall–Kier alpha value is -2.49. The fourth-order valence-electron chi connectivity index (χ4n) is 2.20. The Kier molecular flexibility index (Phi) is 7.15. The first-order chi connectivity index (χ1) is 11.7. The molecule has 2 aromatic rings. The molecule has 1 amide bonds. The second kappa shape index (κ2) is 9.60. The molecule has 1 N–H and O–H groups in total. The number of carbonyl (C=O) groups is 1. The quantitative estimate of drug-likeness (QED) is 0.718. The first kappa shape index (κ1) is 17.9. The van der Waals surface area contributed by atoms with Crippen molar-refractivity contribution in [3.63, 3.8) is 0 Å². The highest BCUT2D eigenvalue weighted by molar-refractivity contribution is 5.77. The number of hydrogen-bond donors (Lipinski definition) is 1. The van der Waals surface area contributed by atoms with E-state index in [4.69, 9.17) is 9.47 Å². The molecule has 0 aromatic heterocycles. The lowest BCUT2D eigenvalue weighted by Gasteiger charge is -2.09. The molecule has 0 saturated carbocycles. The number of nitrogens with one attached hydrogen (secondary N) is 1. The zero-order valence-corrected chi connectivity index (χ0v) is 14.4. The normalized spacial score (nSPS) is 10.2. The fourth-order valence-corrected chi connectivity index (χ4v) is 2.20. The van der Waals surface area contributed by atoms with Crippen LogP contribution >= 0.6 is 0 Å². The summed E-state index contributed by atoms with van der Waals surface area (Å²) >= 11 is 0. The van der Waals surface area contributed by atoms with Crippen LogP contribution < -0.4 is 14.8 Å². The number of rotatable bonds is 9. The summed E-state index contributed by atoms with van der Waals surface area (Å²) in [5.41, 5.74) is 2.52. The third-order valence-electron chi connectivity index (χ3n) is 3.73. The van der Waals surface area contributed by atoms with Gasteiger partial charge in [-0.1, -0.05) is 38.1 Å². The highest BCUT2D eigenvalue weighted by Crippen LogP contribution is 2.13. The van der Waals surface area contributed by atoms with Gasteiger partial charge in [-0.05, 0) is 48.2 Å². The van der Waals surface area contributed by atoms with Crippen LogP contribution in [0, 0.1) is 0 Å². The molecule has 0 aliphatic rings. The Labute approximate surface area is 143 Å². The number of carbonyl (C=O) groups excluding carboxylic acids is 1. The maximum atomic E-state index is 11.7. The van der Waals surface area contributed by atoms with E-state index in [1.54, 1.807) is 0 Å². The third kappa shape index (κ3) is 5.95. The summed E-state index contributed by atoms with van der Waals surface area (Å²) in [6.07, 6.45) is 2.00. The minimum Gasteiger partial charge on any atom is -0.492 e. The molecule has 0 spiro atoms. The van der Waals surface area contributed by atoms with Gasteiger partial charge in [-0.25, -0.2) is 0 Å². The molecule has 0 heterocycles. The molecule has 0 radical (unpaired) electrons. The van der Waals surface area contributed by atoms with Gasteiger partial charge in [0.1, 0.15) is 18.1 Å². The molecule has 4 heteroatoms. The van der Waals surface area contributed by atoms with E-state index in [0.29, 0.717) is 18.9 Å². The highest BCUT2D eigenvalue weighted by Gasteiger charge is 2.03. The Morgan fingerprint density at radius 2 is 1.33 bits per heavy atom. The lowest BCUT2D eigenvalue weighted by Crippen LogP contribution is -2.32. The molecule has 4 nitrogen and oxygen atoms in total. The van der Waals surface area contributed by atoms with Crippen LogP contribution in [0.4, 0.5) is 0 Å². The van der Waals surface area contributed by atoms with Gasteiger partial charge in [0.15, 0.2) is 6.61 Å². The lowest BCUT2D eigenvalue weighted by atomic mass is 10.2. The first-order valence-electron chi connectivity index (χ1n) is 8.41. The third-order valence-corrected chi connectivity index (χ3v) is 3.73. The molecule has 0 unspecified atom stereocenters. The summed E-state index contributed by atoms with van der Waals surface area (Å²) < 4.78 is 11.0.